The van der Waals surface area contributed by atoms with Gasteiger partial charge in [-0.2, -0.15) is 0 Å². The number of anilines is 1. The van der Waals surface area contributed by atoms with Crippen LogP contribution in [-0.4, -0.2) is 67.3 Å². The molecule has 1 N–H and O–H groups in total. The minimum atomic E-state index is -0.0372. The van der Waals surface area contributed by atoms with Crippen molar-refractivity contribution < 1.29 is 9.53 Å². The molecule has 1 aromatic carbocycles. The van der Waals surface area contributed by atoms with E-state index in [2.05, 4.69) is 45.3 Å². The molecule has 2 amide bonds. The standard InChI is InChI=1S/C19H25N5O2/c1-15-4-3-5-16(12-15)17-13-18(22-14-21-17)23-7-9-24(10-8-23)19(25)20-6-11-26-2/h3-5,12-14H,6-11H2,1-2H3,(H,20,25). The number of urea groups is 1. The summed E-state index contributed by atoms with van der Waals surface area (Å²) in [6, 6.07) is 10.3. The first-order valence-electron chi connectivity index (χ1n) is 8.83. The molecule has 0 atom stereocenters. The molecule has 0 saturated carbocycles. The topological polar surface area (TPSA) is 70.6 Å². The molecule has 1 saturated heterocycles. The van der Waals surface area contributed by atoms with Crippen LogP contribution in [0.1, 0.15) is 5.56 Å². The van der Waals surface area contributed by atoms with Crippen molar-refractivity contribution >= 4 is 11.8 Å². The second-order valence-electron chi connectivity index (χ2n) is 6.33. The molecule has 2 aromatic rings. The number of hydrogen-bond acceptors (Lipinski definition) is 5. The van der Waals surface area contributed by atoms with E-state index in [1.54, 1.807) is 13.4 Å². The smallest absolute Gasteiger partial charge is 0.317 e. The van der Waals surface area contributed by atoms with Gasteiger partial charge in [-0.05, 0) is 13.0 Å². The van der Waals surface area contributed by atoms with Gasteiger partial charge in [0.15, 0.2) is 0 Å². The Hall–Kier alpha value is -2.67. The molecular formula is C19H25N5O2. The van der Waals surface area contributed by atoms with E-state index in [-0.39, 0.29) is 6.03 Å². The van der Waals surface area contributed by atoms with E-state index < -0.39 is 0 Å². The van der Waals surface area contributed by atoms with Gasteiger partial charge in [0.1, 0.15) is 12.1 Å². The van der Waals surface area contributed by atoms with Gasteiger partial charge in [-0.1, -0.05) is 23.8 Å². The molecule has 0 radical (unpaired) electrons. The minimum Gasteiger partial charge on any atom is -0.383 e. The number of ether oxygens (including phenoxy) is 1. The summed E-state index contributed by atoms with van der Waals surface area (Å²) in [6.45, 7) is 5.97. The number of hydrogen-bond donors (Lipinski definition) is 1. The average molecular weight is 355 g/mol. The predicted molar refractivity (Wildman–Crippen MR) is 101 cm³/mol. The Bertz CT molecular complexity index is 744. The third-order valence-corrected chi connectivity index (χ3v) is 4.44. The first-order valence-corrected chi connectivity index (χ1v) is 8.83. The SMILES string of the molecule is COCCNC(=O)N1CCN(c2cc(-c3cccc(C)c3)ncn2)CC1. The van der Waals surface area contributed by atoms with E-state index in [9.17, 15) is 4.79 Å². The van der Waals surface area contributed by atoms with Crippen LogP contribution in [0.4, 0.5) is 10.6 Å². The van der Waals surface area contributed by atoms with Crippen molar-refractivity contribution in [2.45, 2.75) is 6.92 Å². The summed E-state index contributed by atoms with van der Waals surface area (Å²) >= 11 is 0. The molecule has 1 aliphatic rings. The maximum atomic E-state index is 12.1. The van der Waals surface area contributed by atoms with Crippen LogP contribution >= 0.6 is 0 Å². The summed E-state index contributed by atoms with van der Waals surface area (Å²) in [6.07, 6.45) is 1.61. The summed E-state index contributed by atoms with van der Waals surface area (Å²) in [7, 11) is 1.62. The van der Waals surface area contributed by atoms with E-state index in [0.717, 1.165) is 30.2 Å². The third kappa shape index (κ3) is 4.49. The number of amides is 2. The number of nitrogens with one attached hydrogen (secondary N) is 1. The van der Waals surface area contributed by atoms with Gasteiger partial charge in [0.05, 0.1) is 12.3 Å². The zero-order valence-corrected chi connectivity index (χ0v) is 15.3. The fourth-order valence-corrected chi connectivity index (χ4v) is 2.99. The van der Waals surface area contributed by atoms with Crippen molar-refractivity contribution in [3.8, 4) is 11.3 Å². The van der Waals surface area contributed by atoms with Gasteiger partial charge in [-0.3, -0.25) is 0 Å². The fourth-order valence-electron chi connectivity index (χ4n) is 2.99. The zero-order valence-electron chi connectivity index (χ0n) is 15.3. The van der Waals surface area contributed by atoms with E-state index in [1.165, 1.54) is 5.56 Å². The van der Waals surface area contributed by atoms with Gasteiger partial charge < -0.3 is 19.9 Å². The molecule has 0 aliphatic carbocycles. The lowest BCUT2D eigenvalue weighted by atomic mass is 10.1. The lowest BCUT2D eigenvalue weighted by Crippen LogP contribution is -2.52. The van der Waals surface area contributed by atoms with Gasteiger partial charge in [-0.15, -0.1) is 0 Å². The highest BCUT2D eigenvalue weighted by Gasteiger charge is 2.22. The van der Waals surface area contributed by atoms with Crippen LogP contribution in [0.2, 0.25) is 0 Å². The number of benzene rings is 1. The maximum absolute atomic E-state index is 12.1. The Balaban J connectivity index is 1.61. The van der Waals surface area contributed by atoms with Gasteiger partial charge in [0.25, 0.3) is 0 Å². The third-order valence-electron chi connectivity index (χ3n) is 4.44. The van der Waals surface area contributed by atoms with E-state index in [1.807, 2.05) is 17.0 Å². The van der Waals surface area contributed by atoms with Crippen LogP contribution in [-0.2, 0) is 4.74 Å². The highest BCUT2D eigenvalue weighted by Crippen LogP contribution is 2.22. The number of aryl methyl sites for hydroxylation is 1. The molecule has 0 unspecified atom stereocenters. The number of rotatable bonds is 5. The van der Waals surface area contributed by atoms with Crippen molar-refractivity contribution in [2.24, 2.45) is 0 Å². The predicted octanol–water partition coefficient (Wildman–Crippen LogP) is 1.93. The second kappa shape index (κ2) is 8.62. The fraction of sp³-hybridized carbons (Fsp3) is 0.421. The normalized spacial score (nSPS) is 14.4. The molecule has 0 spiro atoms. The Morgan fingerprint density at radius 2 is 2.00 bits per heavy atom. The summed E-state index contributed by atoms with van der Waals surface area (Å²) in [5.41, 5.74) is 3.21. The second-order valence-corrected chi connectivity index (χ2v) is 6.33. The van der Waals surface area contributed by atoms with Gasteiger partial charge in [-0.25, -0.2) is 14.8 Å². The van der Waals surface area contributed by atoms with Crippen LogP contribution in [0.3, 0.4) is 0 Å². The zero-order chi connectivity index (χ0) is 18.4. The highest BCUT2D eigenvalue weighted by atomic mass is 16.5. The van der Waals surface area contributed by atoms with Crippen molar-refractivity contribution in [2.75, 3.05) is 51.3 Å². The lowest BCUT2D eigenvalue weighted by Gasteiger charge is -2.35. The van der Waals surface area contributed by atoms with E-state index in [0.29, 0.717) is 26.2 Å². The summed E-state index contributed by atoms with van der Waals surface area (Å²) < 4.78 is 4.95. The molecule has 2 heterocycles. The molecule has 138 valence electrons. The Morgan fingerprint density at radius 3 is 2.73 bits per heavy atom. The quantitative estimate of drug-likeness (QED) is 0.830. The maximum Gasteiger partial charge on any atom is 0.317 e. The molecule has 3 rings (SSSR count). The first-order chi connectivity index (χ1) is 12.7. The van der Waals surface area contributed by atoms with E-state index in [4.69, 9.17) is 4.74 Å². The monoisotopic (exact) mass is 355 g/mol. The Kier molecular flexibility index (Phi) is 6.01. The van der Waals surface area contributed by atoms with Crippen LogP contribution in [0.25, 0.3) is 11.3 Å². The van der Waals surface area contributed by atoms with Crippen LogP contribution in [0.15, 0.2) is 36.7 Å². The number of carbonyl (C=O) groups excluding carboxylic acids is 1. The molecule has 7 heteroatoms. The van der Waals surface area contributed by atoms with Gasteiger partial charge in [0.2, 0.25) is 0 Å². The van der Waals surface area contributed by atoms with Crippen molar-refractivity contribution in [3.05, 3.63) is 42.2 Å². The summed E-state index contributed by atoms with van der Waals surface area (Å²) in [5.74, 6) is 0.899. The van der Waals surface area contributed by atoms with Crippen molar-refractivity contribution in [1.82, 2.24) is 20.2 Å². The minimum absolute atomic E-state index is 0.0372. The number of nitrogens with zero attached hydrogens (tertiary/aromatic N) is 4. The van der Waals surface area contributed by atoms with E-state index >= 15 is 0 Å². The van der Waals surface area contributed by atoms with Crippen molar-refractivity contribution in [3.63, 3.8) is 0 Å². The molecule has 1 fully saturated rings. The number of piperazine rings is 1. The molecule has 1 aromatic heterocycles. The largest absolute Gasteiger partial charge is 0.383 e. The van der Waals surface area contributed by atoms with Gasteiger partial charge >= 0.3 is 6.03 Å². The Morgan fingerprint density at radius 1 is 1.19 bits per heavy atom. The Labute approximate surface area is 154 Å². The van der Waals surface area contributed by atoms with Crippen LogP contribution in [0.5, 0.6) is 0 Å². The number of methoxy groups -OCH3 is 1. The molecule has 7 nitrogen and oxygen atoms in total. The molecule has 26 heavy (non-hydrogen) atoms. The molecule has 1 aliphatic heterocycles. The van der Waals surface area contributed by atoms with Crippen LogP contribution in [0, 0.1) is 6.92 Å². The number of aromatic nitrogens is 2. The lowest BCUT2D eigenvalue weighted by molar-refractivity contribution is 0.177. The summed E-state index contributed by atoms with van der Waals surface area (Å²) in [5, 5.41) is 2.86. The average Bonchev–Trinajstić information content (AvgIpc) is 2.68. The molecular weight excluding hydrogens is 330 g/mol. The van der Waals surface area contributed by atoms with Crippen molar-refractivity contribution in [1.29, 1.82) is 0 Å². The number of carbonyl (C=O) groups is 1. The highest BCUT2D eigenvalue weighted by molar-refractivity contribution is 5.74. The van der Waals surface area contributed by atoms with Gasteiger partial charge in [0, 0.05) is 51.5 Å². The summed E-state index contributed by atoms with van der Waals surface area (Å²) in [4.78, 5) is 25.0. The molecule has 0 bridgehead atoms. The van der Waals surface area contributed by atoms with Crippen LogP contribution < -0.4 is 10.2 Å². The first kappa shape index (κ1) is 18.1.